The van der Waals surface area contributed by atoms with Gasteiger partial charge in [0.05, 0.1) is 11.5 Å². The fraction of sp³-hybridized carbons (Fsp3) is 0.222. The highest BCUT2D eigenvalue weighted by Gasteiger charge is 2.15. The second-order valence-electron chi connectivity index (χ2n) is 2.67. The minimum absolute atomic E-state index is 0.117. The van der Waals surface area contributed by atoms with Gasteiger partial charge in [-0.05, 0) is 12.1 Å². The molecule has 0 spiro atoms. The first-order chi connectivity index (χ1) is 7.15. The summed E-state index contributed by atoms with van der Waals surface area (Å²) in [5, 5.41) is 10.9. The molecule has 0 bridgehead atoms. The van der Waals surface area contributed by atoms with Crippen LogP contribution in [0.2, 0.25) is 5.02 Å². The maximum Gasteiger partial charge on any atom is 0.312 e. The number of nitro groups is 1. The summed E-state index contributed by atoms with van der Waals surface area (Å²) in [6.45, 7) is 0.117. The summed E-state index contributed by atoms with van der Waals surface area (Å²) in [5.74, 6) is 0.117. The van der Waals surface area contributed by atoms with E-state index in [0.717, 1.165) is 0 Å². The molecular weight excluding hydrogens is 222 g/mol. The van der Waals surface area contributed by atoms with Crippen molar-refractivity contribution in [2.75, 3.05) is 6.61 Å². The summed E-state index contributed by atoms with van der Waals surface area (Å²) >= 11 is 5.61. The van der Waals surface area contributed by atoms with Gasteiger partial charge in [-0.3, -0.25) is 10.1 Å². The molecule has 0 radical (unpaired) electrons. The lowest BCUT2D eigenvalue weighted by Gasteiger charge is -2.04. The molecule has 0 aliphatic heterocycles. The lowest BCUT2D eigenvalue weighted by Crippen LogP contribution is -2.00. The zero-order valence-corrected chi connectivity index (χ0v) is 8.44. The molecule has 0 saturated carbocycles. The van der Waals surface area contributed by atoms with E-state index in [4.69, 9.17) is 16.3 Å². The van der Waals surface area contributed by atoms with Gasteiger partial charge in [-0.2, -0.15) is 0 Å². The quantitative estimate of drug-likeness (QED) is 0.336. The third-order valence-corrected chi connectivity index (χ3v) is 1.85. The molecule has 0 aromatic heterocycles. The fourth-order valence-electron chi connectivity index (χ4n) is 0.972. The van der Waals surface area contributed by atoms with Crippen LogP contribution in [0.1, 0.15) is 6.42 Å². The molecule has 0 aliphatic carbocycles. The van der Waals surface area contributed by atoms with Gasteiger partial charge in [-0.25, -0.2) is 0 Å². The number of ether oxygens (including phenoxy) is 1. The third kappa shape index (κ3) is 3.21. The van der Waals surface area contributed by atoms with Crippen LogP contribution in [-0.4, -0.2) is 17.8 Å². The summed E-state index contributed by atoms with van der Waals surface area (Å²) in [7, 11) is 0. The number of carbonyl (C=O) groups excluding carboxylic acids is 1. The van der Waals surface area contributed by atoms with E-state index >= 15 is 0 Å². The Balaban J connectivity index is 2.85. The lowest BCUT2D eigenvalue weighted by molar-refractivity contribution is -0.385. The number of nitro benzene ring substituents is 1. The zero-order valence-electron chi connectivity index (χ0n) is 7.68. The van der Waals surface area contributed by atoms with E-state index in [-0.39, 0.29) is 29.5 Å². The van der Waals surface area contributed by atoms with Gasteiger partial charge in [-0.1, -0.05) is 11.6 Å². The maximum absolute atomic E-state index is 10.6. The number of carbonyl (C=O) groups is 1. The van der Waals surface area contributed by atoms with E-state index in [0.29, 0.717) is 6.29 Å². The van der Waals surface area contributed by atoms with Gasteiger partial charge in [0.2, 0.25) is 0 Å². The number of halogens is 1. The van der Waals surface area contributed by atoms with Crippen LogP contribution in [0, 0.1) is 10.1 Å². The number of benzene rings is 1. The smallest absolute Gasteiger partial charge is 0.312 e. The zero-order chi connectivity index (χ0) is 11.3. The first-order valence-electron chi connectivity index (χ1n) is 4.15. The molecule has 0 atom stereocenters. The predicted molar refractivity (Wildman–Crippen MR) is 54.3 cm³/mol. The van der Waals surface area contributed by atoms with Crippen molar-refractivity contribution in [2.45, 2.75) is 6.42 Å². The largest absolute Gasteiger partial charge is 0.486 e. The van der Waals surface area contributed by atoms with Crippen LogP contribution in [0.5, 0.6) is 5.75 Å². The van der Waals surface area contributed by atoms with Crippen LogP contribution in [0.4, 0.5) is 5.69 Å². The van der Waals surface area contributed by atoms with Crippen molar-refractivity contribution in [1.29, 1.82) is 0 Å². The molecule has 80 valence electrons. The van der Waals surface area contributed by atoms with Crippen LogP contribution < -0.4 is 4.74 Å². The van der Waals surface area contributed by atoms with E-state index in [9.17, 15) is 14.9 Å². The molecular formula is C9H8ClNO4. The lowest BCUT2D eigenvalue weighted by atomic mass is 10.3. The molecule has 1 rings (SSSR count). The van der Waals surface area contributed by atoms with Crippen molar-refractivity contribution < 1.29 is 14.5 Å². The third-order valence-electron chi connectivity index (χ3n) is 1.61. The van der Waals surface area contributed by atoms with Crippen molar-refractivity contribution in [3.8, 4) is 5.75 Å². The number of hydrogen-bond donors (Lipinski definition) is 0. The van der Waals surface area contributed by atoms with E-state index in [1.807, 2.05) is 0 Å². The molecule has 1 aromatic carbocycles. The Labute approximate surface area is 90.8 Å². The Morgan fingerprint density at radius 2 is 2.27 bits per heavy atom. The van der Waals surface area contributed by atoms with Crippen molar-refractivity contribution in [2.24, 2.45) is 0 Å². The second-order valence-corrected chi connectivity index (χ2v) is 3.11. The Bertz CT molecular complexity index is 380. The fourth-order valence-corrected chi connectivity index (χ4v) is 1.14. The molecule has 0 aliphatic rings. The van der Waals surface area contributed by atoms with Gasteiger partial charge in [-0.15, -0.1) is 0 Å². The van der Waals surface area contributed by atoms with Gasteiger partial charge in [0.15, 0.2) is 5.75 Å². The topological polar surface area (TPSA) is 69.4 Å². The first kappa shape index (κ1) is 11.5. The highest BCUT2D eigenvalue weighted by Crippen LogP contribution is 2.29. The SMILES string of the molecule is O=CCCOc1ccc(Cl)cc1[N+](=O)[O-]. The Kier molecular flexibility index (Phi) is 4.05. The number of rotatable bonds is 5. The Morgan fingerprint density at radius 1 is 1.53 bits per heavy atom. The first-order valence-corrected chi connectivity index (χ1v) is 4.53. The summed E-state index contributed by atoms with van der Waals surface area (Å²) in [6.07, 6.45) is 0.877. The molecule has 0 fully saturated rings. The molecule has 0 heterocycles. The molecule has 15 heavy (non-hydrogen) atoms. The Morgan fingerprint density at radius 3 is 2.87 bits per heavy atom. The van der Waals surface area contributed by atoms with Gasteiger partial charge in [0, 0.05) is 17.5 Å². The van der Waals surface area contributed by atoms with Crippen LogP contribution in [0.15, 0.2) is 18.2 Å². The van der Waals surface area contributed by atoms with Gasteiger partial charge in [0.25, 0.3) is 0 Å². The van der Waals surface area contributed by atoms with Crippen molar-refractivity contribution in [3.05, 3.63) is 33.3 Å². The number of hydrogen-bond acceptors (Lipinski definition) is 4. The summed E-state index contributed by atoms with van der Waals surface area (Å²) < 4.78 is 5.06. The minimum Gasteiger partial charge on any atom is -0.486 e. The predicted octanol–water partition coefficient (Wildman–Crippen LogP) is 2.22. The number of nitrogens with zero attached hydrogens (tertiary/aromatic N) is 1. The maximum atomic E-state index is 10.6. The van der Waals surface area contributed by atoms with E-state index in [1.165, 1.54) is 18.2 Å². The number of aldehydes is 1. The summed E-state index contributed by atoms with van der Waals surface area (Å²) in [5.41, 5.74) is -0.201. The minimum atomic E-state index is -0.581. The molecule has 0 amide bonds. The highest BCUT2D eigenvalue weighted by atomic mass is 35.5. The van der Waals surface area contributed by atoms with Crippen LogP contribution >= 0.6 is 11.6 Å². The standard InChI is InChI=1S/C9H8ClNO4/c10-7-2-3-9(15-5-1-4-12)8(6-7)11(13)14/h2-4,6H,1,5H2. The van der Waals surface area contributed by atoms with Crippen LogP contribution in [0.3, 0.4) is 0 Å². The van der Waals surface area contributed by atoms with Gasteiger partial charge in [0.1, 0.15) is 6.29 Å². The Hall–Kier alpha value is -1.62. The highest BCUT2D eigenvalue weighted by molar-refractivity contribution is 6.30. The van der Waals surface area contributed by atoms with E-state index < -0.39 is 4.92 Å². The molecule has 0 saturated heterocycles. The molecule has 6 heteroatoms. The monoisotopic (exact) mass is 229 g/mol. The average molecular weight is 230 g/mol. The molecule has 0 unspecified atom stereocenters. The van der Waals surface area contributed by atoms with Crippen molar-refractivity contribution >= 4 is 23.6 Å². The molecule has 1 aromatic rings. The van der Waals surface area contributed by atoms with Crippen LogP contribution in [-0.2, 0) is 4.79 Å². The molecule has 0 N–H and O–H groups in total. The van der Waals surface area contributed by atoms with E-state index in [1.54, 1.807) is 0 Å². The summed E-state index contributed by atoms with van der Waals surface area (Å²) in [6, 6.07) is 4.11. The molecule has 5 nitrogen and oxygen atoms in total. The van der Waals surface area contributed by atoms with Gasteiger partial charge >= 0.3 is 5.69 Å². The summed E-state index contributed by atoms with van der Waals surface area (Å²) in [4.78, 5) is 20.1. The van der Waals surface area contributed by atoms with E-state index in [2.05, 4.69) is 0 Å². The van der Waals surface area contributed by atoms with Crippen LogP contribution in [0.25, 0.3) is 0 Å². The van der Waals surface area contributed by atoms with Crippen molar-refractivity contribution in [1.82, 2.24) is 0 Å². The second kappa shape index (κ2) is 5.31. The van der Waals surface area contributed by atoms with Crippen molar-refractivity contribution in [3.63, 3.8) is 0 Å². The normalized spacial score (nSPS) is 9.67. The van der Waals surface area contributed by atoms with Gasteiger partial charge < -0.3 is 9.53 Å². The average Bonchev–Trinajstić information content (AvgIpc) is 2.20.